The van der Waals surface area contributed by atoms with Crippen LogP contribution in [0.4, 0.5) is 13.6 Å². The molecule has 2 fully saturated rings. The maximum atomic E-state index is 13.0. The number of carbonyl (C=O) groups excluding carboxylic acids is 1. The molecule has 0 aromatic heterocycles. The van der Waals surface area contributed by atoms with Gasteiger partial charge in [-0.25, -0.2) is 18.4 Å². The van der Waals surface area contributed by atoms with Crippen molar-refractivity contribution in [2.24, 2.45) is 5.41 Å². The van der Waals surface area contributed by atoms with E-state index in [-0.39, 0.29) is 32.4 Å². The average molecular weight is 263 g/mol. The van der Waals surface area contributed by atoms with E-state index in [2.05, 4.69) is 0 Å². The van der Waals surface area contributed by atoms with Crippen molar-refractivity contribution in [2.75, 3.05) is 13.2 Å². The Morgan fingerprint density at radius 2 is 2.06 bits per heavy atom. The maximum absolute atomic E-state index is 13.0. The second-order valence-electron chi connectivity index (χ2n) is 5.09. The van der Waals surface area contributed by atoms with E-state index in [0.29, 0.717) is 0 Å². The van der Waals surface area contributed by atoms with Gasteiger partial charge in [0.2, 0.25) is 5.92 Å². The summed E-state index contributed by atoms with van der Waals surface area (Å²) in [4.78, 5) is 23.6. The molecule has 102 valence electrons. The third-order valence-corrected chi connectivity index (χ3v) is 3.58. The number of carboxylic acid groups (broad SMARTS) is 1. The molecular formula is C11H15F2NO4. The Bertz CT molecular complexity index is 377. The molecule has 0 aromatic rings. The Morgan fingerprint density at radius 3 is 2.50 bits per heavy atom. The molecule has 1 saturated heterocycles. The molecule has 1 atom stereocenters. The summed E-state index contributed by atoms with van der Waals surface area (Å²) in [6, 6.07) is -0.946. The molecule has 0 radical (unpaired) electrons. The van der Waals surface area contributed by atoms with E-state index in [0.717, 1.165) is 4.90 Å². The Kier molecular flexibility index (Phi) is 2.95. The number of nitrogens with zero attached hydrogens (tertiary/aromatic N) is 1. The van der Waals surface area contributed by atoms with Crippen molar-refractivity contribution >= 4 is 12.1 Å². The molecule has 2 aliphatic rings. The fraction of sp³-hybridized carbons (Fsp3) is 0.818. The predicted octanol–water partition coefficient (Wildman–Crippen LogP) is 1.72. The van der Waals surface area contributed by atoms with Gasteiger partial charge < -0.3 is 9.84 Å². The van der Waals surface area contributed by atoms with Gasteiger partial charge in [0.05, 0.1) is 6.61 Å². The SMILES string of the molecule is CCOC(=O)[C@@H]1CC2(CN1C(=O)O)CC(F)(F)C2. The first kappa shape index (κ1) is 13.0. The molecule has 0 bridgehead atoms. The van der Waals surface area contributed by atoms with Gasteiger partial charge >= 0.3 is 12.1 Å². The summed E-state index contributed by atoms with van der Waals surface area (Å²) in [6.45, 7) is 1.75. The van der Waals surface area contributed by atoms with Crippen molar-refractivity contribution in [1.29, 1.82) is 0 Å². The van der Waals surface area contributed by atoms with Gasteiger partial charge in [0.1, 0.15) is 6.04 Å². The van der Waals surface area contributed by atoms with E-state index in [1.807, 2.05) is 0 Å². The average Bonchev–Trinajstić information content (AvgIpc) is 2.56. The third kappa shape index (κ3) is 2.13. The molecule has 1 N–H and O–H groups in total. The zero-order valence-corrected chi connectivity index (χ0v) is 9.99. The lowest BCUT2D eigenvalue weighted by molar-refractivity contribution is -0.158. The number of carbonyl (C=O) groups is 2. The largest absolute Gasteiger partial charge is 0.465 e. The Morgan fingerprint density at radius 1 is 1.44 bits per heavy atom. The maximum Gasteiger partial charge on any atom is 0.408 e. The monoisotopic (exact) mass is 263 g/mol. The van der Waals surface area contributed by atoms with E-state index >= 15 is 0 Å². The van der Waals surface area contributed by atoms with Crippen LogP contribution in [0.1, 0.15) is 26.2 Å². The Hall–Kier alpha value is -1.40. The van der Waals surface area contributed by atoms with Crippen LogP contribution in [0.3, 0.4) is 0 Å². The lowest BCUT2D eigenvalue weighted by Gasteiger charge is -2.44. The van der Waals surface area contributed by atoms with E-state index < -0.39 is 29.4 Å². The van der Waals surface area contributed by atoms with Crippen LogP contribution in [-0.2, 0) is 9.53 Å². The number of alkyl halides is 2. The number of rotatable bonds is 2. The number of likely N-dealkylation sites (tertiary alicyclic amines) is 1. The number of hydrogen-bond acceptors (Lipinski definition) is 3. The van der Waals surface area contributed by atoms with Crippen LogP contribution in [0.25, 0.3) is 0 Å². The van der Waals surface area contributed by atoms with E-state index in [1.54, 1.807) is 6.92 Å². The number of esters is 1. The van der Waals surface area contributed by atoms with Crippen LogP contribution in [0.15, 0.2) is 0 Å². The highest BCUT2D eigenvalue weighted by atomic mass is 19.3. The highest BCUT2D eigenvalue weighted by molar-refractivity contribution is 5.81. The molecule has 0 unspecified atom stereocenters. The highest BCUT2D eigenvalue weighted by Crippen LogP contribution is 2.58. The van der Waals surface area contributed by atoms with Crippen LogP contribution in [0.2, 0.25) is 0 Å². The van der Waals surface area contributed by atoms with Crippen LogP contribution >= 0.6 is 0 Å². The molecule has 0 aromatic carbocycles. The summed E-state index contributed by atoms with van der Waals surface area (Å²) in [7, 11) is 0. The van der Waals surface area contributed by atoms with Crippen molar-refractivity contribution in [3.05, 3.63) is 0 Å². The predicted molar refractivity (Wildman–Crippen MR) is 56.4 cm³/mol. The van der Waals surface area contributed by atoms with Gasteiger partial charge in [-0.15, -0.1) is 0 Å². The first-order valence-electron chi connectivity index (χ1n) is 5.83. The number of amides is 1. The van der Waals surface area contributed by atoms with Crippen molar-refractivity contribution in [2.45, 2.75) is 38.2 Å². The summed E-state index contributed by atoms with van der Waals surface area (Å²) < 4.78 is 30.7. The fourth-order valence-corrected chi connectivity index (χ4v) is 3.01. The number of halogens is 2. The molecule has 1 aliphatic carbocycles. The summed E-state index contributed by atoms with van der Waals surface area (Å²) in [6.07, 6.45) is -1.83. The van der Waals surface area contributed by atoms with Crippen LogP contribution in [0.5, 0.6) is 0 Å². The second kappa shape index (κ2) is 4.07. The molecule has 2 rings (SSSR count). The van der Waals surface area contributed by atoms with Crippen LogP contribution < -0.4 is 0 Å². The zero-order valence-electron chi connectivity index (χ0n) is 9.99. The first-order valence-corrected chi connectivity index (χ1v) is 5.83. The molecule has 1 amide bonds. The third-order valence-electron chi connectivity index (χ3n) is 3.58. The van der Waals surface area contributed by atoms with Gasteiger partial charge in [0.15, 0.2) is 0 Å². The molecule has 7 heteroatoms. The van der Waals surface area contributed by atoms with Gasteiger partial charge in [0.25, 0.3) is 0 Å². The minimum atomic E-state index is -2.73. The van der Waals surface area contributed by atoms with Crippen LogP contribution in [0, 0.1) is 5.41 Å². The number of hydrogen-bond donors (Lipinski definition) is 1. The molecule has 1 heterocycles. The molecule has 5 nitrogen and oxygen atoms in total. The highest BCUT2D eigenvalue weighted by Gasteiger charge is 2.62. The molecular weight excluding hydrogens is 248 g/mol. The molecule has 1 aliphatic heterocycles. The molecule has 1 saturated carbocycles. The van der Waals surface area contributed by atoms with Gasteiger partial charge in [-0.05, 0) is 13.3 Å². The molecule has 1 spiro atoms. The smallest absolute Gasteiger partial charge is 0.408 e. The van der Waals surface area contributed by atoms with Crippen LogP contribution in [-0.4, -0.2) is 47.2 Å². The zero-order chi connectivity index (χ0) is 13.6. The van der Waals surface area contributed by atoms with Gasteiger partial charge in [-0.2, -0.15) is 0 Å². The first-order chi connectivity index (χ1) is 8.29. The van der Waals surface area contributed by atoms with Gasteiger partial charge in [0, 0.05) is 24.8 Å². The lowest BCUT2D eigenvalue weighted by atomic mass is 9.65. The standard InChI is InChI=1S/C11H15F2NO4/c1-2-18-8(15)7-3-10(4-11(12,13)5-10)6-14(7)9(16)17/h7H,2-6H2,1H3,(H,16,17)/t7-/m0/s1. The summed E-state index contributed by atoms with van der Waals surface area (Å²) in [5.74, 6) is -3.37. The summed E-state index contributed by atoms with van der Waals surface area (Å²) in [5, 5.41) is 9.01. The quantitative estimate of drug-likeness (QED) is 0.770. The lowest BCUT2D eigenvalue weighted by Crippen LogP contribution is -2.48. The van der Waals surface area contributed by atoms with Gasteiger partial charge in [-0.3, -0.25) is 4.90 Å². The van der Waals surface area contributed by atoms with Crippen molar-refractivity contribution in [3.63, 3.8) is 0 Å². The van der Waals surface area contributed by atoms with Crippen molar-refractivity contribution < 1.29 is 28.2 Å². The number of ether oxygens (including phenoxy) is 1. The van der Waals surface area contributed by atoms with Crippen molar-refractivity contribution in [1.82, 2.24) is 4.90 Å². The minimum absolute atomic E-state index is 0.0125. The fourth-order valence-electron chi connectivity index (χ4n) is 3.01. The summed E-state index contributed by atoms with van der Waals surface area (Å²) in [5.41, 5.74) is -0.751. The minimum Gasteiger partial charge on any atom is -0.465 e. The van der Waals surface area contributed by atoms with E-state index in [9.17, 15) is 18.4 Å². The van der Waals surface area contributed by atoms with E-state index in [1.165, 1.54) is 0 Å². The van der Waals surface area contributed by atoms with Crippen molar-refractivity contribution in [3.8, 4) is 0 Å². The Labute approximate surface area is 103 Å². The van der Waals surface area contributed by atoms with Gasteiger partial charge in [-0.1, -0.05) is 0 Å². The topological polar surface area (TPSA) is 66.8 Å². The summed E-state index contributed by atoms with van der Waals surface area (Å²) >= 11 is 0. The molecule has 18 heavy (non-hydrogen) atoms. The second-order valence-corrected chi connectivity index (χ2v) is 5.09. The Balaban J connectivity index is 2.10. The van der Waals surface area contributed by atoms with E-state index in [4.69, 9.17) is 9.84 Å². The normalized spacial score (nSPS) is 27.9.